The van der Waals surface area contributed by atoms with Gasteiger partial charge in [0, 0.05) is 0 Å². The van der Waals surface area contributed by atoms with Crippen molar-refractivity contribution in [2.24, 2.45) is 0 Å². The highest BCUT2D eigenvalue weighted by Gasteiger charge is 2.47. The predicted molar refractivity (Wildman–Crippen MR) is 124 cm³/mol. The predicted octanol–water partition coefficient (Wildman–Crippen LogP) is 7.00. The first-order valence-corrected chi connectivity index (χ1v) is 11.1. The lowest BCUT2D eigenvalue weighted by molar-refractivity contribution is 0.663. The Morgan fingerprint density at radius 1 is 0.533 bits per heavy atom. The quantitative estimate of drug-likeness (QED) is 0.285. The van der Waals surface area contributed by atoms with Crippen LogP contribution in [0.5, 0.6) is 0 Å². The van der Waals surface area contributed by atoms with Gasteiger partial charge in [0.05, 0.1) is 5.41 Å². The molecule has 4 aromatic rings. The molecule has 2 aliphatic rings. The van der Waals surface area contributed by atoms with Crippen LogP contribution in [0.2, 0.25) is 0 Å². The van der Waals surface area contributed by atoms with Crippen LogP contribution in [0.15, 0.2) is 91.0 Å². The van der Waals surface area contributed by atoms with Crippen LogP contribution in [0.1, 0.15) is 69.8 Å². The molecule has 0 radical (unpaired) electrons. The maximum absolute atomic E-state index is 2.40. The second kappa shape index (κ2) is 6.44. The van der Waals surface area contributed by atoms with Gasteiger partial charge in [-0.15, -0.1) is 0 Å². The van der Waals surface area contributed by atoms with E-state index in [1.807, 2.05) is 0 Å². The summed E-state index contributed by atoms with van der Waals surface area (Å²) in [5.74, 6) is 0.511. The van der Waals surface area contributed by atoms with Crippen LogP contribution in [-0.2, 0) is 18.3 Å². The van der Waals surface area contributed by atoms with E-state index in [-0.39, 0.29) is 5.41 Å². The summed E-state index contributed by atoms with van der Waals surface area (Å²) in [6.07, 6.45) is 2.03. The lowest BCUT2D eigenvalue weighted by atomic mass is 9.55. The highest BCUT2D eigenvalue weighted by molar-refractivity contribution is 5.72. The molecule has 0 heterocycles. The largest absolute Gasteiger partial charge is 0.0712 e. The van der Waals surface area contributed by atoms with E-state index >= 15 is 0 Å². The first kappa shape index (κ1) is 17.7. The number of benzene rings is 4. The van der Waals surface area contributed by atoms with Crippen LogP contribution in [0.3, 0.4) is 0 Å². The molecule has 0 amide bonds. The Bertz CT molecular complexity index is 1210. The Balaban J connectivity index is 1.84. The first-order chi connectivity index (χ1) is 14.7. The minimum atomic E-state index is -0.236. The molecule has 0 unspecified atom stereocenters. The topological polar surface area (TPSA) is 0 Å². The average Bonchev–Trinajstić information content (AvgIpc) is 2.78. The summed E-state index contributed by atoms with van der Waals surface area (Å²) in [6, 6.07) is 34.4. The second-order valence-electron chi connectivity index (χ2n) is 9.10. The molecule has 2 aliphatic carbocycles. The zero-order chi connectivity index (χ0) is 20.3. The molecule has 0 nitrogen and oxygen atoms in total. The summed E-state index contributed by atoms with van der Waals surface area (Å²) in [6.45, 7) is 4.65. The van der Waals surface area contributed by atoms with Crippen molar-refractivity contribution in [2.75, 3.05) is 0 Å². The van der Waals surface area contributed by atoms with Gasteiger partial charge in [-0.25, -0.2) is 0 Å². The first-order valence-electron chi connectivity index (χ1n) is 11.1. The van der Waals surface area contributed by atoms with Gasteiger partial charge in [-0.3, -0.25) is 0 Å². The third-order valence-electron chi connectivity index (χ3n) is 7.25. The van der Waals surface area contributed by atoms with Gasteiger partial charge < -0.3 is 0 Å². The number of rotatable bonds is 1. The van der Waals surface area contributed by atoms with E-state index in [1.54, 1.807) is 0 Å². The Kier molecular flexibility index (Phi) is 3.80. The molecule has 0 fully saturated rings. The van der Waals surface area contributed by atoms with Crippen LogP contribution in [0.4, 0.5) is 0 Å². The van der Waals surface area contributed by atoms with Crippen molar-refractivity contribution in [1.82, 2.24) is 0 Å². The lowest BCUT2D eigenvalue weighted by Crippen LogP contribution is -2.40. The van der Waals surface area contributed by atoms with E-state index in [1.165, 1.54) is 50.1 Å². The van der Waals surface area contributed by atoms with Gasteiger partial charge in [0.25, 0.3) is 0 Å². The summed E-state index contributed by atoms with van der Waals surface area (Å²) in [7, 11) is 0. The molecule has 0 saturated heterocycles. The van der Waals surface area contributed by atoms with Gasteiger partial charge in [-0.2, -0.15) is 0 Å². The second-order valence-corrected chi connectivity index (χ2v) is 9.10. The minimum Gasteiger partial charge on any atom is -0.0620 e. The van der Waals surface area contributed by atoms with Crippen molar-refractivity contribution in [3.63, 3.8) is 0 Å². The van der Waals surface area contributed by atoms with Crippen LogP contribution in [-0.4, -0.2) is 0 Å². The SMILES string of the molecule is CC(C)c1cccc2c1Cc1ccccc1C21c2ccccc2Cc2ccccc21. The molecule has 0 saturated carbocycles. The fraction of sp³-hybridized carbons (Fsp3) is 0.200. The van der Waals surface area contributed by atoms with Crippen molar-refractivity contribution in [2.45, 2.75) is 38.0 Å². The maximum atomic E-state index is 2.40. The number of hydrogen-bond donors (Lipinski definition) is 0. The lowest BCUT2D eigenvalue weighted by Gasteiger charge is -2.47. The third kappa shape index (κ3) is 2.22. The maximum Gasteiger partial charge on any atom is 0.0712 e. The third-order valence-corrected chi connectivity index (χ3v) is 7.25. The van der Waals surface area contributed by atoms with Gasteiger partial charge in [0.2, 0.25) is 0 Å². The summed E-state index contributed by atoms with van der Waals surface area (Å²) in [5, 5.41) is 0. The Morgan fingerprint density at radius 3 is 1.53 bits per heavy atom. The zero-order valence-electron chi connectivity index (χ0n) is 17.7. The summed E-state index contributed by atoms with van der Waals surface area (Å²) in [4.78, 5) is 0. The van der Waals surface area contributed by atoms with E-state index < -0.39 is 0 Å². The van der Waals surface area contributed by atoms with Gasteiger partial charge in [0.1, 0.15) is 0 Å². The minimum absolute atomic E-state index is 0.236. The zero-order valence-corrected chi connectivity index (χ0v) is 17.7. The van der Waals surface area contributed by atoms with Gasteiger partial charge >= 0.3 is 0 Å². The average molecular weight is 387 g/mol. The monoisotopic (exact) mass is 386 g/mol. The Hall–Kier alpha value is -3.12. The molecule has 0 atom stereocenters. The van der Waals surface area contributed by atoms with Crippen LogP contribution >= 0.6 is 0 Å². The number of fused-ring (bicyclic) bond motifs is 8. The van der Waals surface area contributed by atoms with Crippen LogP contribution in [0.25, 0.3) is 0 Å². The molecular weight excluding hydrogens is 360 g/mol. The van der Waals surface area contributed by atoms with Crippen molar-refractivity contribution >= 4 is 0 Å². The Labute approximate surface area is 179 Å². The molecule has 0 bridgehead atoms. The molecule has 4 aromatic carbocycles. The van der Waals surface area contributed by atoms with Gasteiger partial charge in [0.15, 0.2) is 0 Å². The van der Waals surface area contributed by atoms with Crippen molar-refractivity contribution in [3.8, 4) is 0 Å². The highest BCUT2D eigenvalue weighted by Crippen LogP contribution is 2.55. The molecule has 0 aliphatic heterocycles. The molecule has 0 heteroatoms. The highest BCUT2D eigenvalue weighted by atomic mass is 14.5. The molecule has 0 N–H and O–H groups in total. The molecule has 30 heavy (non-hydrogen) atoms. The van der Waals surface area contributed by atoms with E-state index in [4.69, 9.17) is 0 Å². The van der Waals surface area contributed by atoms with Gasteiger partial charge in [-0.1, -0.05) is 105 Å². The fourth-order valence-corrected chi connectivity index (χ4v) is 6.08. The van der Waals surface area contributed by atoms with Crippen molar-refractivity contribution in [3.05, 3.63) is 141 Å². The van der Waals surface area contributed by atoms with Crippen molar-refractivity contribution < 1.29 is 0 Å². The molecular formula is C30H26. The van der Waals surface area contributed by atoms with Crippen LogP contribution in [0, 0.1) is 0 Å². The summed E-state index contributed by atoms with van der Waals surface area (Å²) < 4.78 is 0. The Morgan fingerprint density at radius 2 is 1.00 bits per heavy atom. The molecule has 1 spiro atoms. The van der Waals surface area contributed by atoms with E-state index in [9.17, 15) is 0 Å². The summed E-state index contributed by atoms with van der Waals surface area (Å²) in [5.41, 5.74) is 13.0. The van der Waals surface area contributed by atoms with Gasteiger partial charge in [-0.05, 0) is 68.8 Å². The smallest absolute Gasteiger partial charge is 0.0620 e. The van der Waals surface area contributed by atoms with Crippen molar-refractivity contribution in [1.29, 1.82) is 0 Å². The molecule has 146 valence electrons. The molecule has 6 rings (SSSR count). The van der Waals surface area contributed by atoms with E-state index in [2.05, 4.69) is 105 Å². The summed E-state index contributed by atoms with van der Waals surface area (Å²) >= 11 is 0. The standard InChI is InChI=1S/C30H26/c1-20(2)24-13-9-17-29-25(24)19-23-12-5-8-16-28(23)30(29)26-14-6-3-10-21(26)18-22-11-4-7-15-27(22)30/h3-17,20H,18-19H2,1-2H3. The number of hydrogen-bond acceptors (Lipinski definition) is 0. The normalized spacial score (nSPS) is 15.3. The van der Waals surface area contributed by atoms with E-state index in [0.717, 1.165) is 12.8 Å². The van der Waals surface area contributed by atoms with E-state index in [0.29, 0.717) is 5.92 Å². The fourth-order valence-electron chi connectivity index (χ4n) is 6.08. The molecule has 0 aromatic heterocycles. The van der Waals surface area contributed by atoms with Crippen LogP contribution < -0.4 is 0 Å².